The maximum Gasteiger partial charge on any atom is 0.328 e. The lowest BCUT2D eigenvalue weighted by Crippen LogP contribution is -2.42. The summed E-state index contributed by atoms with van der Waals surface area (Å²) in [7, 11) is 1.20. The maximum absolute atomic E-state index is 12.5. The van der Waals surface area contributed by atoms with Crippen LogP contribution in [0.5, 0.6) is 11.5 Å². The standard InChI is InChI=1S/C19H19NO6S/c1-5-9-26-14-8-7-13(10-15(14)25-6-2)11-16-17(21)20(19(23)27-16)12(3)18(22)24-4/h1,7-8,10-12H,6,9H2,2-4H3/b16-11+/t12-/m1/s1. The Hall–Kier alpha value is -2.92. The summed E-state index contributed by atoms with van der Waals surface area (Å²) in [5, 5.41) is -0.525. The Kier molecular flexibility index (Phi) is 6.91. The van der Waals surface area contributed by atoms with E-state index >= 15 is 0 Å². The summed E-state index contributed by atoms with van der Waals surface area (Å²) in [4.78, 5) is 37.4. The average Bonchev–Trinajstić information content (AvgIpc) is 2.93. The predicted molar refractivity (Wildman–Crippen MR) is 101 cm³/mol. The van der Waals surface area contributed by atoms with Gasteiger partial charge in [-0.05, 0) is 49.4 Å². The van der Waals surface area contributed by atoms with Gasteiger partial charge in [-0.3, -0.25) is 14.5 Å². The molecule has 27 heavy (non-hydrogen) atoms. The van der Waals surface area contributed by atoms with Gasteiger partial charge >= 0.3 is 5.97 Å². The molecule has 1 atom stereocenters. The molecule has 1 aromatic rings. The molecule has 2 amide bonds. The van der Waals surface area contributed by atoms with Gasteiger partial charge in [0.05, 0.1) is 18.6 Å². The second kappa shape index (κ2) is 9.14. The molecule has 0 spiro atoms. The maximum atomic E-state index is 12.5. The fraction of sp³-hybridized carbons (Fsp3) is 0.316. The molecular weight excluding hydrogens is 370 g/mol. The average molecular weight is 389 g/mol. The van der Waals surface area contributed by atoms with Gasteiger partial charge in [0.1, 0.15) is 12.6 Å². The largest absolute Gasteiger partial charge is 0.490 e. The molecule has 1 fully saturated rings. The third kappa shape index (κ3) is 4.63. The summed E-state index contributed by atoms with van der Waals surface area (Å²) < 4.78 is 15.6. The number of terminal acetylenes is 1. The van der Waals surface area contributed by atoms with E-state index in [0.717, 1.165) is 16.7 Å². The number of methoxy groups -OCH3 is 1. The van der Waals surface area contributed by atoms with Crippen LogP contribution in [-0.4, -0.2) is 48.4 Å². The molecule has 8 heteroatoms. The molecule has 142 valence electrons. The first-order valence-corrected chi connectivity index (χ1v) is 8.92. The zero-order chi connectivity index (χ0) is 20.0. The second-order valence-electron chi connectivity index (χ2n) is 5.38. The third-order valence-corrected chi connectivity index (χ3v) is 4.51. The lowest BCUT2D eigenvalue weighted by atomic mass is 10.1. The monoisotopic (exact) mass is 389 g/mol. The molecule has 1 aliphatic rings. The first-order valence-electron chi connectivity index (χ1n) is 8.10. The van der Waals surface area contributed by atoms with E-state index in [9.17, 15) is 14.4 Å². The van der Waals surface area contributed by atoms with E-state index in [4.69, 9.17) is 15.9 Å². The Bertz CT molecular complexity index is 826. The summed E-state index contributed by atoms with van der Waals surface area (Å²) in [6, 6.07) is 4.08. The van der Waals surface area contributed by atoms with Crippen molar-refractivity contribution < 1.29 is 28.6 Å². The van der Waals surface area contributed by atoms with Crippen LogP contribution in [0, 0.1) is 12.3 Å². The number of imide groups is 1. The van der Waals surface area contributed by atoms with Crippen molar-refractivity contribution in [1.82, 2.24) is 4.90 Å². The van der Waals surface area contributed by atoms with Gasteiger partial charge in [0.25, 0.3) is 11.1 Å². The smallest absolute Gasteiger partial charge is 0.328 e. The van der Waals surface area contributed by atoms with Crippen molar-refractivity contribution in [3.63, 3.8) is 0 Å². The highest BCUT2D eigenvalue weighted by Crippen LogP contribution is 2.35. The molecule has 0 unspecified atom stereocenters. The Morgan fingerprint density at radius 3 is 2.70 bits per heavy atom. The zero-order valence-corrected chi connectivity index (χ0v) is 16.0. The van der Waals surface area contributed by atoms with E-state index in [2.05, 4.69) is 10.7 Å². The van der Waals surface area contributed by atoms with Crippen molar-refractivity contribution in [2.24, 2.45) is 0 Å². The molecule has 0 aromatic heterocycles. The number of ether oxygens (including phenoxy) is 3. The van der Waals surface area contributed by atoms with Crippen molar-refractivity contribution in [1.29, 1.82) is 0 Å². The van der Waals surface area contributed by atoms with Crippen LogP contribution in [0.3, 0.4) is 0 Å². The molecular formula is C19H19NO6S. The summed E-state index contributed by atoms with van der Waals surface area (Å²) >= 11 is 0.762. The van der Waals surface area contributed by atoms with E-state index in [1.165, 1.54) is 14.0 Å². The molecule has 0 saturated carbocycles. The van der Waals surface area contributed by atoms with Crippen molar-refractivity contribution in [3.05, 3.63) is 28.7 Å². The SMILES string of the molecule is C#CCOc1ccc(/C=C2/SC(=O)N([C@H](C)C(=O)OC)C2=O)cc1OCC. The van der Waals surface area contributed by atoms with Crippen LogP contribution < -0.4 is 9.47 Å². The molecule has 1 heterocycles. The molecule has 1 aliphatic heterocycles. The summed E-state index contributed by atoms with van der Waals surface area (Å²) in [6.07, 6.45) is 6.76. The number of rotatable bonds is 7. The molecule has 0 bridgehead atoms. The minimum absolute atomic E-state index is 0.101. The van der Waals surface area contributed by atoms with E-state index in [-0.39, 0.29) is 11.5 Å². The lowest BCUT2D eigenvalue weighted by molar-refractivity contribution is -0.148. The van der Waals surface area contributed by atoms with E-state index in [1.54, 1.807) is 24.3 Å². The zero-order valence-electron chi connectivity index (χ0n) is 15.2. The van der Waals surface area contributed by atoms with Gasteiger partial charge < -0.3 is 14.2 Å². The van der Waals surface area contributed by atoms with E-state index in [1.807, 2.05) is 6.92 Å². The van der Waals surface area contributed by atoms with Crippen LogP contribution in [-0.2, 0) is 14.3 Å². The third-order valence-electron chi connectivity index (χ3n) is 3.63. The van der Waals surface area contributed by atoms with Crippen LogP contribution in [0.2, 0.25) is 0 Å². The van der Waals surface area contributed by atoms with Crippen LogP contribution in [0.4, 0.5) is 4.79 Å². The minimum Gasteiger partial charge on any atom is -0.490 e. The van der Waals surface area contributed by atoms with Crippen molar-refractivity contribution in [2.45, 2.75) is 19.9 Å². The molecule has 0 aliphatic carbocycles. The fourth-order valence-electron chi connectivity index (χ4n) is 2.36. The van der Waals surface area contributed by atoms with Crippen LogP contribution in [0.15, 0.2) is 23.1 Å². The summed E-state index contributed by atoms with van der Waals surface area (Å²) in [6.45, 7) is 3.79. The molecule has 1 aromatic carbocycles. The summed E-state index contributed by atoms with van der Waals surface area (Å²) in [5.74, 6) is 2.13. The fourth-order valence-corrected chi connectivity index (χ4v) is 3.27. The number of hydrogen-bond acceptors (Lipinski definition) is 7. The Balaban J connectivity index is 2.29. The number of thioether (sulfide) groups is 1. The Morgan fingerprint density at radius 1 is 1.33 bits per heavy atom. The van der Waals surface area contributed by atoms with Gasteiger partial charge in [0, 0.05) is 0 Å². The highest BCUT2D eigenvalue weighted by Gasteiger charge is 2.41. The van der Waals surface area contributed by atoms with Crippen LogP contribution >= 0.6 is 11.8 Å². The molecule has 0 N–H and O–H groups in total. The number of carbonyl (C=O) groups is 3. The number of nitrogens with zero attached hydrogens (tertiary/aromatic N) is 1. The van der Waals surface area contributed by atoms with Gasteiger partial charge in [-0.1, -0.05) is 12.0 Å². The Morgan fingerprint density at radius 2 is 2.07 bits per heavy atom. The van der Waals surface area contributed by atoms with Crippen molar-refractivity contribution in [2.75, 3.05) is 20.3 Å². The first-order chi connectivity index (χ1) is 12.9. The summed E-state index contributed by atoms with van der Waals surface area (Å²) in [5.41, 5.74) is 0.641. The van der Waals surface area contributed by atoms with Crippen LogP contribution in [0.1, 0.15) is 19.4 Å². The molecule has 2 rings (SSSR count). The van der Waals surface area contributed by atoms with Gasteiger partial charge in [-0.25, -0.2) is 4.79 Å². The van der Waals surface area contributed by atoms with Crippen LogP contribution in [0.25, 0.3) is 6.08 Å². The second-order valence-corrected chi connectivity index (χ2v) is 6.38. The normalized spacial score (nSPS) is 16.2. The van der Waals surface area contributed by atoms with E-state index in [0.29, 0.717) is 23.7 Å². The van der Waals surface area contributed by atoms with Gasteiger partial charge in [-0.15, -0.1) is 6.42 Å². The van der Waals surface area contributed by atoms with E-state index < -0.39 is 23.2 Å². The lowest BCUT2D eigenvalue weighted by Gasteiger charge is -2.18. The van der Waals surface area contributed by atoms with Crippen molar-refractivity contribution >= 4 is 35.0 Å². The molecule has 7 nitrogen and oxygen atoms in total. The van der Waals surface area contributed by atoms with Gasteiger partial charge in [-0.2, -0.15) is 0 Å². The number of esters is 1. The van der Waals surface area contributed by atoms with Crippen molar-refractivity contribution in [3.8, 4) is 23.8 Å². The number of benzene rings is 1. The highest BCUT2D eigenvalue weighted by molar-refractivity contribution is 8.18. The number of carbonyl (C=O) groups excluding carboxylic acids is 3. The van der Waals surface area contributed by atoms with Gasteiger partial charge in [0.15, 0.2) is 11.5 Å². The molecule has 1 saturated heterocycles. The molecule has 0 radical (unpaired) electrons. The van der Waals surface area contributed by atoms with Gasteiger partial charge in [0.2, 0.25) is 0 Å². The predicted octanol–water partition coefficient (Wildman–Crippen LogP) is 2.70. The highest BCUT2D eigenvalue weighted by atomic mass is 32.2. The number of hydrogen-bond donors (Lipinski definition) is 0. The quantitative estimate of drug-likeness (QED) is 0.403. The first kappa shape index (κ1) is 20.4. The topological polar surface area (TPSA) is 82.1 Å². The Labute approximate surface area is 161 Å². The number of amides is 2. The minimum atomic E-state index is -0.994.